The molecule has 2 N–H and O–H groups in total. The van der Waals surface area contributed by atoms with Crippen molar-refractivity contribution in [2.24, 2.45) is 28.6 Å². The molecule has 0 radical (unpaired) electrons. The number of carboxylic acid groups (broad SMARTS) is 1. The molecule has 6 nitrogen and oxygen atoms in total. The molecule has 0 aromatic heterocycles. The topological polar surface area (TPSA) is 93.1 Å². The number of cyclic esters (lactones) is 1. The molecule has 0 aromatic rings. The lowest BCUT2D eigenvalue weighted by atomic mass is 9.46. The normalized spacial score (nSPS) is 44.4. The fourth-order valence-corrected chi connectivity index (χ4v) is 5.99. The Balaban J connectivity index is 1.82. The Morgan fingerprint density at radius 3 is 2.67 bits per heavy atom. The molecule has 6 heteroatoms. The summed E-state index contributed by atoms with van der Waals surface area (Å²) in [5.41, 5.74) is 0.124. The second-order valence-corrected chi connectivity index (χ2v) is 9.09. The number of aliphatic hydroxyl groups excluding tert-OH is 1. The number of hydrogen-bond donors (Lipinski definition) is 2. The molecule has 0 unspecified atom stereocenters. The third kappa shape index (κ3) is 3.21. The van der Waals surface area contributed by atoms with Gasteiger partial charge < -0.3 is 19.7 Å². The van der Waals surface area contributed by atoms with E-state index in [1.165, 1.54) is 7.11 Å². The molecule has 27 heavy (non-hydrogen) atoms. The Labute approximate surface area is 160 Å². The van der Waals surface area contributed by atoms with E-state index in [0.29, 0.717) is 17.9 Å². The van der Waals surface area contributed by atoms with Gasteiger partial charge in [-0.25, -0.2) is 4.79 Å². The van der Waals surface area contributed by atoms with Gasteiger partial charge in [0, 0.05) is 18.1 Å². The molecule has 1 saturated heterocycles. The highest BCUT2D eigenvalue weighted by Gasteiger charge is 2.56. The number of carbonyl (C=O) groups is 2. The highest BCUT2D eigenvalue weighted by Crippen LogP contribution is 2.62. The van der Waals surface area contributed by atoms with E-state index in [0.717, 1.165) is 32.1 Å². The van der Waals surface area contributed by atoms with Crippen LogP contribution in [-0.4, -0.2) is 41.7 Å². The summed E-state index contributed by atoms with van der Waals surface area (Å²) in [6.45, 7) is 6.57. The SMILES string of the molecule is CO[C@@H]1OC(=O)[C@H](CC[C@@]2(C)[C@H](C)CC[C@@]3(C)C(C(=O)O)=CCC[C@H]23)[C@@H]1O. The summed E-state index contributed by atoms with van der Waals surface area (Å²) in [5, 5.41) is 20.1. The molecule has 152 valence electrons. The number of carboxylic acids is 1. The van der Waals surface area contributed by atoms with Crippen molar-refractivity contribution in [2.75, 3.05) is 7.11 Å². The number of fused-ring (bicyclic) bond motifs is 1. The Morgan fingerprint density at radius 1 is 1.37 bits per heavy atom. The second-order valence-electron chi connectivity index (χ2n) is 9.09. The number of methoxy groups -OCH3 is 1. The van der Waals surface area contributed by atoms with E-state index in [-0.39, 0.29) is 16.7 Å². The number of aliphatic hydroxyl groups is 1. The van der Waals surface area contributed by atoms with E-state index in [2.05, 4.69) is 20.8 Å². The maximum absolute atomic E-state index is 12.2. The van der Waals surface area contributed by atoms with Crippen molar-refractivity contribution in [2.45, 2.75) is 71.7 Å². The van der Waals surface area contributed by atoms with Gasteiger partial charge >= 0.3 is 11.9 Å². The highest BCUT2D eigenvalue weighted by atomic mass is 16.7. The number of ether oxygens (including phenoxy) is 2. The summed E-state index contributed by atoms with van der Waals surface area (Å²) in [5.74, 6) is -1.12. The zero-order valence-corrected chi connectivity index (χ0v) is 16.7. The molecule has 1 saturated carbocycles. The predicted molar refractivity (Wildman–Crippen MR) is 98.7 cm³/mol. The molecule has 3 aliphatic rings. The molecule has 1 aliphatic heterocycles. The first-order chi connectivity index (χ1) is 12.6. The molecule has 1 heterocycles. The smallest absolute Gasteiger partial charge is 0.331 e. The van der Waals surface area contributed by atoms with Crippen LogP contribution in [0.5, 0.6) is 0 Å². The van der Waals surface area contributed by atoms with Gasteiger partial charge in [0.2, 0.25) is 6.29 Å². The fourth-order valence-electron chi connectivity index (χ4n) is 5.99. The van der Waals surface area contributed by atoms with Gasteiger partial charge in [0.1, 0.15) is 6.10 Å². The maximum Gasteiger partial charge on any atom is 0.331 e. The van der Waals surface area contributed by atoms with Crippen LogP contribution in [0.15, 0.2) is 11.6 Å². The largest absolute Gasteiger partial charge is 0.478 e. The van der Waals surface area contributed by atoms with Gasteiger partial charge in [0.15, 0.2) is 0 Å². The lowest BCUT2D eigenvalue weighted by molar-refractivity contribution is -0.166. The van der Waals surface area contributed by atoms with Gasteiger partial charge in [-0.2, -0.15) is 0 Å². The third-order valence-corrected chi connectivity index (χ3v) is 7.89. The number of hydrogen-bond acceptors (Lipinski definition) is 5. The standard InChI is InChI=1S/C21H32O6/c1-12-8-10-21(3)14(17(23)24)6-5-7-15(21)20(12,2)11-9-13-16(22)19(26-4)27-18(13)25/h6,12-13,15-16,19,22H,5,7-11H2,1-4H3,(H,23,24)/t12-,13-,15-,16+,19-,20+,21+/m1/s1. The summed E-state index contributed by atoms with van der Waals surface area (Å²) < 4.78 is 10.2. The second kappa shape index (κ2) is 7.21. The van der Waals surface area contributed by atoms with Crippen molar-refractivity contribution >= 4 is 11.9 Å². The highest BCUT2D eigenvalue weighted by molar-refractivity contribution is 5.88. The molecule has 0 spiro atoms. The van der Waals surface area contributed by atoms with Gasteiger partial charge in [0.25, 0.3) is 0 Å². The molecule has 2 aliphatic carbocycles. The Hall–Kier alpha value is -1.40. The van der Waals surface area contributed by atoms with Crippen LogP contribution in [-0.2, 0) is 19.1 Å². The molecule has 0 amide bonds. The lowest BCUT2D eigenvalue weighted by Crippen LogP contribution is -2.51. The quantitative estimate of drug-likeness (QED) is 0.712. The molecule has 2 fully saturated rings. The van der Waals surface area contributed by atoms with Crippen LogP contribution in [0, 0.1) is 28.6 Å². The lowest BCUT2D eigenvalue weighted by Gasteiger charge is -2.57. The van der Waals surface area contributed by atoms with Gasteiger partial charge in [-0.05, 0) is 55.8 Å². The summed E-state index contributed by atoms with van der Waals surface area (Å²) >= 11 is 0. The summed E-state index contributed by atoms with van der Waals surface area (Å²) in [6, 6.07) is 0. The van der Waals surface area contributed by atoms with Crippen molar-refractivity contribution in [3.05, 3.63) is 11.6 Å². The van der Waals surface area contributed by atoms with Crippen molar-refractivity contribution < 1.29 is 29.3 Å². The molecule has 0 bridgehead atoms. The van der Waals surface area contributed by atoms with Gasteiger partial charge in [-0.1, -0.05) is 26.8 Å². The van der Waals surface area contributed by atoms with Crippen LogP contribution in [0.3, 0.4) is 0 Å². The van der Waals surface area contributed by atoms with Gasteiger partial charge in [0.05, 0.1) is 5.92 Å². The summed E-state index contributed by atoms with van der Waals surface area (Å²) in [4.78, 5) is 24.0. The van der Waals surface area contributed by atoms with E-state index >= 15 is 0 Å². The van der Waals surface area contributed by atoms with Crippen molar-refractivity contribution in [1.82, 2.24) is 0 Å². The maximum atomic E-state index is 12.2. The zero-order valence-electron chi connectivity index (χ0n) is 16.7. The summed E-state index contributed by atoms with van der Waals surface area (Å²) in [7, 11) is 1.42. The number of allylic oxidation sites excluding steroid dienone is 1. The number of rotatable bonds is 5. The van der Waals surface area contributed by atoms with Crippen molar-refractivity contribution in [1.29, 1.82) is 0 Å². The third-order valence-electron chi connectivity index (χ3n) is 7.89. The van der Waals surface area contributed by atoms with E-state index in [1.807, 2.05) is 6.08 Å². The molecule has 7 atom stereocenters. The Kier molecular flexibility index (Phi) is 5.43. The van der Waals surface area contributed by atoms with Crippen LogP contribution >= 0.6 is 0 Å². The van der Waals surface area contributed by atoms with Crippen molar-refractivity contribution in [3.8, 4) is 0 Å². The Morgan fingerprint density at radius 2 is 2.07 bits per heavy atom. The van der Waals surface area contributed by atoms with Crippen LogP contribution in [0.25, 0.3) is 0 Å². The van der Waals surface area contributed by atoms with Gasteiger partial charge in [-0.15, -0.1) is 0 Å². The molecule has 0 aromatic carbocycles. The minimum Gasteiger partial charge on any atom is -0.478 e. The minimum absolute atomic E-state index is 0.0902. The van der Waals surface area contributed by atoms with E-state index in [9.17, 15) is 19.8 Å². The fraction of sp³-hybridized carbons (Fsp3) is 0.810. The van der Waals surface area contributed by atoms with E-state index in [1.54, 1.807) is 0 Å². The zero-order chi connectivity index (χ0) is 20.0. The first kappa shape index (κ1) is 20.3. The van der Waals surface area contributed by atoms with Crippen LogP contribution in [0.4, 0.5) is 0 Å². The number of aliphatic carboxylic acids is 1. The minimum atomic E-state index is -0.947. The average molecular weight is 380 g/mol. The summed E-state index contributed by atoms with van der Waals surface area (Å²) in [6.07, 6.45) is 4.94. The number of carbonyl (C=O) groups excluding carboxylic acids is 1. The van der Waals surface area contributed by atoms with Gasteiger partial charge in [-0.3, -0.25) is 4.79 Å². The van der Waals surface area contributed by atoms with Crippen molar-refractivity contribution in [3.63, 3.8) is 0 Å². The number of esters is 1. The van der Waals surface area contributed by atoms with Crippen LogP contribution in [0.1, 0.15) is 59.3 Å². The predicted octanol–water partition coefficient (Wildman–Crippen LogP) is 3.14. The molecular weight excluding hydrogens is 348 g/mol. The molecular formula is C21H32O6. The first-order valence-electron chi connectivity index (χ1n) is 10.0. The first-order valence-corrected chi connectivity index (χ1v) is 10.0. The monoisotopic (exact) mass is 380 g/mol. The molecule has 3 rings (SSSR count). The average Bonchev–Trinajstić information content (AvgIpc) is 2.90. The van der Waals surface area contributed by atoms with E-state index in [4.69, 9.17) is 9.47 Å². The van der Waals surface area contributed by atoms with E-state index < -0.39 is 30.3 Å². The van der Waals surface area contributed by atoms with Crippen LogP contribution < -0.4 is 0 Å². The van der Waals surface area contributed by atoms with Crippen LogP contribution in [0.2, 0.25) is 0 Å². The Bertz CT molecular complexity index is 643.